The Balaban J connectivity index is 2.20. The van der Waals surface area contributed by atoms with Gasteiger partial charge in [0.25, 0.3) is 0 Å². The van der Waals surface area contributed by atoms with Crippen LogP contribution in [-0.2, 0) is 9.47 Å². The van der Waals surface area contributed by atoms with Crippen LogP contribution in [0.1, 0.15) is 32.1 Å². The number of hydrogen-bond acceptors (Lipinski definition) is 7. The fourth-order valence-electron chi connectivity index (χ4n) is 3.04. The lowest BCUT2D eigenvalue weighted by Gasteiger charge is -2.13. The third-order valence-electron chi connectivity index (χ3n) is 4.25. The van der Waals surface area contributed by atoms with Crippen LogP contribution in [0.4, 0.5) is 5.13 Å². The number of rotatable bonds is 4. The Hall–Kier alpha value is -3.13. The lowest BCUT2D eigenvalue weighted by molar-refractivity contribution is 0.0599. The number of methoxy groups -OCH3 is 2. The van der Waals surface area contributed by atoms with Gasteiger partial charge in [-0.3, -0.25) is 0 Å². The van der Waals surface area contributed by atoms with E-state index in [2.05, 4.69) is 4.98 Å². The Morgan fingerprint density at radius 1 is 1.04 bits per heavy atom. The van der Waals surface area contributed by atoms with Gasteiger partial charge in [-0.2, -0.15) is 0 Å². The molecule has 0 fully saturated rings. The Kier molecular flexibility index (Phi) is 5.00. The number of esters is 2. The highest BCUT2D eigenvalue weighted by Crippen LogP contribution is 2.31. The van der Waals surface area contributed by atoms with Crippen LogP contribution in [0.2, 0.25) is 0 Å². The fourth-order valence-corrected chi connectivity index (χ4v) is 3.61. The summed E-state index contributed by atoms with van der Waals surface area (Å²) >= 11 is 1.37. The lowest BCUT2D eigenvalue weighted by atomic mass is 10.1. The molecule has 2 aromatic heterocycles. The number of nitrogen functional groups attached to an aromatic ring is 1. The molecule has 0 aliphatic heterocycles. The van der Waals surface area contributed by atoms with Crippen molar-refractivity contribution in [3.05, 3.63) is 52.2 Å². The zero-order valence-electron chi connectivity index (χ0n) is 15.4. The van der Waals surface area contributed by atoms with Crippen LogP contribution in [0, 0.1) is 13.8 Å². The molecule has 0 atom stereocenters. The second kappa shape index (κ2) is 7.24. The second-order valence-corrected chi connectivity index (χ2v) is 6.83. The molecule has 0 bridgehead atoms. The van der Waals surface area contributed by atoms with E-state index in [-0.39, 0.29) is 11.1 Å². The first-order chi connectivity index (χ1) is 12.8. The minimum atomic E-state index is -0.531. The zero-order chi connectivity index (χ0) is 19.7. The van der Waals surface area contributed by atoms with E-state index in [1.165, 1.54) is 31.6 Å². The summed E-state index contributed by atoms with van der Waals surface area (Å²) in [5.41, 5.74) is 10.5. The minimum Gasteiger partial charge on any atom is -0.465 e. The molecule has 27 heavy (non-hydrogen) atoms. The van der Waals surface area contributed by atoms with E-state index in [0.29, 0.717) is 10.8 Å². The normalized spacial score (nSPS) is 10.7. The lowest BCUT2D eigenvalue weighted by Crippen LogP contribution is -2.09. The summed E-state index contributed by atoms with van der Waals surface area (Å²) in [6.07, 6.45) is 0. The molecule has 1 aromatic carbocycles. The van der Waals surface area contributed by atoms with Gasteiger partial charge in [0, 0.05) is 28.0 Å². The van der Waals surface area contributed by atoms with Crippen LogP contribution in [0.5, 0.6) is 0 Å². The van der Waals surface area contributed by atoms with Crippen molar-refractivity contribution < 1.29 is 19.1 Å². The molecular formula is C19H19N3O4S. The van der Waals surface area contributed by atoms with E-state index in [9.17, 15) is 9.59 Å². The monoisotopic (exact) mass is 385 g/mol. The smallest absolute Gasteiger partial charge is 0.337 e. The molecule has 0 spiro atoms. The fraction of sp³-hybridized carbons (Fsp3) is 0.211. The van der Waals surface area contributed by atoms with E-state index in [1.807, 2.05) is 29.9 Å². The highest BCUT2D eigenvalue weighted by Gasteiger charge is 2.19. The summed E-state index contributed by atoms with van der Waals surface area (Å²) in [5, 5.41) is 2.39. The average molecular weight is 385 g/mol. The van der Waals surface area contributed by atoms with Crippen LogP contribution in [0.3, 0.4) is 0 Å². The molecule has 8 heteroatoms. The second-order valence-electron chi connectivity index (χ2n) is 5.94. The van der Waals surface area contributed by atoms with E-state index in [0.717, 1.165) is 22.6 Å². The first kappa shape index (κ1) is 18.7. The summed E-state index contributed by atoms with van der Waals surface area (Å²) in [5.74, 6) is -1.06. The standard InChI is InChI=1S/C19H19N3O4S/c1-10-5-15(16-9-27-19(20)21-16)11(2)22(10)14-7-12(17(23)25-3)6-13(8-14)18(24)26-4/h5-9H,1-4H3,(H2,20,21). The minimum absolute atomic E-state index is 0.266. The molecule has 0 unspecified atom stereocenters. The maximum atomic E-state index is 12.1. The molecule has 0 aliphatic carbocycles. The number of benzene rings is 1. The van der Waals surface area contributed by atoms with Crippen molar-refractivity contribution in [2.75, 3.05) is 20.0 Å². The number of aromatic nitrogens is 2. The Bertz CT molecular complexity index is 1000. The van der Waals surface area contributed by atoms with Gasteiger partial charge in [0.15, 0.2) is 5.13 Å². The van der Waals surface area contributed by atoms with Gasteiger partial charge < -0.3 is 19.8 Å². The largest absolute Gasteiger partial charge is 0.465 e. The molecule has 2 heterocycles. The number of anilines is 1. The van der Waals surface area contributed by atoms with Crippen molar-refractivity contribution in [3.8, 4) is 16.9 Å². The first-order valence-electron chi connectivity index (χ1n) is 8.08. The van der Waals surface area contributed by atoms with E-state index in [1.54, 1.807) is 12.1 Å². The van der Waals surface area contributed by atoms with Gasteiger partial charge in [0.1, 0.15) is 0 Å². The van der Waals surface area contributed by atoms with Crippen molar-refractivity contribution in [3.63, 3.8) is 0 Å². The predicted octanol–water partition coefficient (Wildman–Crippen LogP) is 3.37. The molecule has 2 N–H and O–H groups in total. The quantitative estimate of drug-likeness (QED) is 0.692. The molecule has 0 amide bonds. The number of ether oxygens (including phenoxy) is 2. The molecule has 0 radical (unpaired) electrons. The molecule has 7 nitrogen and oxygen atoms in total. The number of hydrogen-bond donors (Lipinski definition) is 1. The third kappa shape index (κ3) is 3.43. The van der Waals surface area contributed by atoms with Gasteiger partial charge in [0.05, 0.1) is 31.0 Å². The highest BCUT2D eigenvalue weighted by atomic mass is 32.1. The van der Waals surface area contributed by atoms with Gasteiger partial charge in [0.2, 0.25) is 0 Å². The molecule has 0 saturated carbocycles. The summed E-state index contributed by atoms with van der Waals surface area (Å²) in [4.78, 5) is 28.4. The third-order valence-corrected chi connectivity index (χ3v) is 4.92. The van der Waals surface area contributed by atoms with Gasteiger partial charge in [-0.1, -0.05) is 0 Å². The zero-order valence-corrected chi connectivity index (χ0v) is 16.2. The van der Waals surface area contributed by atoms with Crippen LogP contribution in [0.15, 0.2) is 29.6 Å². The van der Waals surface area contributed by atoms with Crippen LogP contribution >= 0.6 is 11.3 Å². The maximum absolute atomic E-state index is 12.1. The van der Waals surface area contributed by atoms with Crippen molar-refractivity contribution in [1.82, 2.24) is 9.55 Å². The van der Waals surface area contributed by atoms with Crippen LogP contribution in [-0.4, -0.2) is 35.7 Å². The van der Waals surface area contributed by atoms with Crippen molar-refractivity contribution in [2.45, 2.75) is 13.8 Å². The molecule has 3 aromatic rings. The number of nitrogens with two attached hydrogens (primary N) is 1. The number of thiazole rings is 1. The van der Waals surface area contributed by atoms with E-state index in [4.69, 9.17) is 15.2 Å². The number of aryl methyl sites for hydroxylation is 1. The predicted molar refractivity (Wildman–Crippen MR) is 103 cm³/mol. The highest BCUT2D eigenvalue weighted by molar-refractivity contribution is 7.13. The van der Waals surface area contributed by atoms with Crippen molar-refractivity contribution in [1.29, 1.82) is 0 Å². The number of nitrogens with zero attached hydrogens (tertiary/aromatic N) is 2. The van der Waals surface area contributed by atoms with Gasteiger partial charge >= 0.3 is 11.9 Å². The summed E-state index contributed by atoms with van der Waals surface area (Å²) in [7, 11) is 2.59. The Morgan fingerprint density at radius 3 is 2.11 bits per heavy atom. The van der Waals surface area contributed by atoms with Gasteiger partial charge in [-0.05, 0) is 38.1 Å². The van der Waals surface area contributed by atoms with Crippen molar-refractivity contribution in [2.24, 2.45) is 0 Å². The average Bonchev–Trinajstić information content (AvgIpc) is 3.22. The summed E-state index contributed by atoms with van der Waals surface area (Å²) in [6, 6.07) is 6.80. The number of carbonyl (C=O) groups is 2. The first-order valence-corrected chi connectivity index (χ1v) is 8.96. The molecule has 0 aliphatic rings. The molecular weight excluding hydrogens is 366 g/mol. The topological polar surface area (TPSA) is 96.4 Å². The Labute approximate surface area is 160 Å². The summed E-state index contributed by atoms with van der Waals surface area (Å²) < 4.78 is 11.6. The summed E-state index contributed by atoms with van der Waals surface area (Å²) in [6.45, 7) is 3.88. The molecule has 140 valence electrons. The van der Waals surface area contributed by atoms with Crippen LogP contribution < -0.4 is 5.73 Å². The molecule has 0 saturated heterocycles. The van der Waals surface area contributed by atoms with E-state index < -0.39 is 11.9 Å². The van der Waals surface area contributed by atoms with Crippen LogP contribution in [0.25, 0.3) is 16.9 Å². The SMILES string of the molecule is COC(=O)c1cc(C(=O)OC)cc(-n2c(C)cc(-c3csc(N)n3)c2C)c1. The van der Waals surface area contributed by atoms with Gasteiger partial charge in [-0.25, -0.2) is 14.6 Å². The van der Waals surface area contributed by atoms with E-state index >= 15 is 0 Å². The molecule has 3 rings (SSSR count). The van der Waals surface area contributed by atoms with Gasteiger partial charge in [-0.15, -0.1) is 11.3 Å². The van der Waals surface area contributed by atoms with Crippen molar-refractivity contribution >= 4 is 28.4 Å². The Morgan fingerprint density at radius 2 is 1.63 bits per heavy atom. The maximum Gasteiger partial charge on any atom is 0.337 e. The number of carbonyl (C=O) groups excluding carboxylic acids is 2.